The summed E-state index contributed by atoms with van der Waals surface area (Å²) in [5.74, 6) is 0. The molecule has 0 unspecified atom stereocenters. The molecule has 1 heteroatoms. The van der Waals surface area contributed by atoms with Crippen LogP contribution < -0.4 is 5.32 Å². The second-order valence-electron chi connectivity index (χ2n) is 3.62. The Bertz CT molecular complexity index is 492. The minimum atomic E-state index is 1.17. The fourth-order valence-corrected chi connectivity index (χ4v) is 1.62. The van der Waals surface area contributed by atoms with Crippen LogP contribution in [0.25, 0.3) is 10.8 Å². The summed E-state index contributed by atoms with van der Waals surface area (Å²) in [5.41, 5.74) is 2.34. The third-order valence-corrected chi connectivity index (χ3v) is 2.55. The van der Waals surface area contributed by atoms with Crippen LogP contribution in [0.3, 0.4) is 0 Å². The number of fused-ring (bicyclic) bond motifs is 1. The highest BCUT2D eigenvalue weighted by Gasteiger charge is 1.98. The maximum Gasteiger partial charge on any atom is 0.0461 e. The average molecular weight is 197 g/mol. The highest BCUT2D eigenvalue weighted by Crippen LogP contribution is 2.23. The number of allylic oxidation sites excluding steroid dienone is 2. The van der Waals surface area contributed by atoms with E-state index in [-0.39, 0.29) is 0 Å². The van der Waals surface area contributed by atoms with Crippen molar-refractivity contribution in [1.29, 1.82) is 0 Å². The molecular weight excluding hydrogens is 182 g/mol. The molecule has 0 saturated carbocycles. The van der Waals surface area contributed by atoms with E-state index >= 15 is 0 Å². The molecule has 0 amide bonds. The van der Waals surface area contributed by atoms with Crippen molar-refractivity contribution in [3.8, 4) is 0 Å². The lowest BCUT2D eigenvalue weighted by Crippen LogP contribution is -1.95. The molecule has 1 nitrogen and oxygen atoms in total. The van der Waals surface area contributed by atoms with E-state index in [1.54, 1.807) is 0 Å². The summed E-state index contributed by atoms with van der Waals surface area (Å²) < 4.78 is 0. The van der Waals surface area contributed by atoms with Gasteiger partial charge in [0.2, 0.25) is 0 Å². The molecule has 76 valence electrons. The van der Waals surface area contributed by atoms with Gasteiger partial charge in [-0.25, -0.2) is 0 Å². The number of hydrogen-bond donors (Lipinski definition) is 1. The largest absolute Gasteiger partial charge is 0.359 e. The summed E-state index contributed by atoms with van der Waals surface area (Å²) >= 11 is 0. The number of rotatable bonds is 2. The van der Waals surface area contributed by atoms with Gasteiger partial charge in [-0.2, -0.15) is 0 Å². The van der Waals surface area contributed by atoms with Crippen molar-refractivity contribution in [1.82, 2.24) is 0 Å². The highest BCUT2D eigenvalue weighted by molar-refractivity contribution is 5.94. The fourth-order valence-electron chi connectivity index (χ4n) is 1.62. The van der Waals surface area contributed by atoms with Gasteiger partial charge < -0.3 is 5.32 Å². The molecule has 0 bridgehead atoms. The van der Waals surface area contributed by atoms with Gasteiger partial charge in [0.25, 0.3) is 0 Å². The normalized spacial score (nSPS) is 11.7. The predicted octanol–water partition coefficient (Wildman–Crippen LogP) is 4.18. The molecule has 1 N–H and O–H groups in total. The maximum atomic E-state index is 3.40. The highest BCUT2D eigenvalue weighted by atomic mass is 14.9. The topological polar surface area (TPSA) is 12.0 Å². The van der Waals surface area contributed by atoms with Crippen molar-refractivity contribution in [3.63, 3.8) is 0 Å². The monoisotopic (exact) mass is 197 g/mol. The Morgan fingerprint density at radius 1 is 1.07 bits per heavy atom. The van der Waals surface area contributed by atoms with Gasteiger partial charge in [-0.15, -0.1) is 0 Å². The SMILES string of the molecule is C/C=C(\C)Nc1cccc2ccccc12. The number of nitrogens with one attached hydrogen (secondary N) is 1. The first-order chi connectivity index (χ1) is 7.31. The molecule has 2 aromatic carbocycles. The molecule has 2 aromatic rings. The molecule has 0 aliphatic rings. The van der Waals surface area contributed by atoms with Crippen molar-refractivity contribution in [2.75, 3.05) is 5.32 Å². The van der Waals surface area contributed by atoms with Gasteiger partial charge in [-0.1, -0.05) is 42.5 Å². The van der Waals surface area contributed by atoms with Crippen molar-refractivity contribution in [2.45, 2.75) is 13.8 Å². The summed E-state index contributed by atoms with van der Waals surface area (Å²) in [5, 5.41) is 5.93. The molecule has 0 aliphatic carbocycles. The minimum Gasteiger partial charge on any atom is -0.359 e. The van der Waals surface area contributed by atoms with Gasteiger partial charge in [0.1, 0.15) is 0 Å². The molecule has 2 rings (SSSR count). The van der Waals surface area contributed by atoms with E-state index in [1.165, 1.54) is 22.2 Å². The number of benzene rings is 2. The molecule has 0 heterocycles. The standard InChI is InChI=1S/C14H15N/c1-3-11(2)15-14-10-6-8-12-7-4-5-9-13(12)14/h3-10,15H,1-2H3/b11-3+. The first-order valence-corrected chi connectivity index (χ1v) is 5.19. The van der Waals surface area contributed by atoms with Crippen molar-refractivity contribution < 1.29 is 0 Å². The quantitative estimate of drug-likeness (QED) is 0.761. The smallest absolute Gasteiger partial charge is 0.0461 e. The van der Waals surface area contributed by atoms with Gasteiger partial charge in [-0.05, 0) is 25.3 Å². The van der Waals surface area contributed by atoms with Gasteiger partial charge in [0.15, 0.2) is 0 Å². The molecule has 15 heavy (non-hydrogen) atoms. The fraction of sp³-hybridized carbons (Fsp3) is 0.143. The van der Waals surface area contributed by atoms with Crippen LogP contribution in [0.2, 0.25) is 0 Å². The van der Waals surface area contributed by atoms with Gasteiger partial charge >= 0.3 is 0 Å². The summed E-state index contributed by atoms with van der Waals surface area (Å²) in [6.07, 6.45) is 2.07. The molecule has 0 fully saturated rings. The van der Waals surface area contributed by atoms with Crippen LogP contribution in [0.4, 0.5) is 5.69 Å². The molecule has 0 radical (unpaired) electrons. The minimum absolute atomic E-state index is 1.17. The van der Waals surface area contributed by atoms with Gasteiger partial charge in [0, 0.05) is 16.8 Å². The Hall–Kier alpha value is -1.76. The lowest BCUT2D eigenvalue weighted by Gasteiger charge is -2.09. The summed E-state index contributed by atoms with van der Waals surface area (Å²) in [7, 11) is 0. The van der Waals surface area contributed by atoms with Crippen LogP contribution in [0.15, 0.2) is 54.2 Å². The van der Waals surface area contributed by atoms with Crippen molar-refractivity contribution >= 4 is 16.5 Å². The number of anilines is 1. The Kier molecular flexibility index (Phi) is 2.72. The molecule has 0 aliphatic heterocycles. The van der Waals surface area contributed by atoms with Crippen LogP contribution in [0.1, 0.15) is 13.8 Å². The van der Waals surface area contributed by atoms with E-state index in [2.05, 4.69) is 60.8 Å². The van der Waals surface area contributed by atoms with E-state index in [0.717, 1.165) is 0 Å². The van der Waals surface area contributed by atoms with Crippen LogP contribution in [0, 0.1) is 0 Å². The Morgan fingerprint density at radius 3 is 2.60 bits per heavy atom. The molecule has 0 atom stereocenters. The van der Waals surface area contributed by atoms with E-state index < -0.39 is 0 Å². The molecule has 0 saturated heterocycles. The second kappa shape index (κ2) is 4.18. The van der Waals surface area contributed by atoms with E-state index in [1.807, 2.05) is 6.92 Å². The Balaban J connectivity index is 2.51. The van der Waals surface area contributed by atoms with Crippen LogP contribution >= 0.6 is 0 Å². The van der Waals surface area contributed by atoms with Crippen LogP contribution in [-0.2, 0) is 0 Å². The first kappa shape index (κ1) is 9.78. The zero-order valence-corrected chi connectivity index (χ0v) is 9.12. The zero-order valence-electron chi connectivity index (χ0n) is 9.12. The molecule has 0 aromatic heterocycles. The molecular formula is C14H15N. The maximum absolute atomic E-state index is 3.40. The summed E-state index contributed by atoms with van der Waals surface area (Å²) in [6, 6.07) is 14.7. The zero-order chi connectivity index (χ0) is 10.7. The third kappa shape index (κ3) is 2.01. The van der Waals surface area contributed by atoms with Crippen LogP contribution in [-0.4, -0.2) is 0 Å². The summed E-state index contributed by atoms with van der Waals surface area (Å²) in [6.45, 7) is 4.11. The van der Waals surface area contributed by atoms with Crippen molar-refractivity contribution in [2.24, 2.45) is 0 Å². The summed E-state index contributed by atoms with van der Waals surface area (Å²) in [4.78, 5) is 0. The van der Waals surface area contributed by atoms with Crippen LogP contribution in [0.5, 0.6) is 0 Å². The second-order valence-corrected chi connectivity index (χ2v) is 3.62. The van der Waals surface area contributed by atoms with E-state index in [0.29, 0.717) is 0 Å². The lowest BCUT2D eigenvalue weighted by atomic mass is 10.1. The Morgan fingerprint density at radius 2 is 1.80 bits per heavy atom. The van der Waals surface area contributed by atoms with E-state index in [4.69, 9.17) is 0 Å². The van der Waals surface area contributed by atoms with Gasteiger partial charge in [0.05, 0.1) is 0 Å². The van der Waals surface area contributed by atoms with Crippen molar-refractivity contribution in [3.05, 3.63) is 54.2 Å². The number of hydrogen-bond acceptors (Lipinski definition) is 1. The van der Waals surface area contributed by atoms with Gasteiger partial charge in [-0.3, -0.25) is 0 Å². The Labute approximate surface area is 90.4 Å². The first-order valence-electron chi connectivity index (χ1n) is 5.19. The average Bonchev–Trinajstić information content (AvgIpc) is 2.29. The molecule has 0 spiro atoms. The third-order valence-electron chi connectivity index (χ3n) is 2.55. The van der Waals surface area contributed by atoms with E-state index in [9.17, 15) is 0 Å². The predicted molar refractivity (Wildman–Crippen MR) is 67.0 cm³/mol. The lowest BCUT2D eigenvalue weighted by molar-refractivity contribution is 1.36.